The van der Waals surface area contributed by atoms with E-state index in [9.17, 15) is 14.8 Å². The van der Waals surface area contributed by atoms with E-state index in [4.69, 9.17) is 0 Å². The molecule has 1 aliphatic carbocycles. The van der Waals surface area contributed by atoms with Gasteiger partial charge in [-0.25, -0.2) is 0 Å². The van der Waals surface area contributed by atoms with E-state index in [2.05, 4.69) is 30.7 Å². The van der Waals surface area contributed by atoms with Gasteiger partial charge in [-0.1, -0.05) is 68.3 Å². The van der Waals surface area contributed by atoms with Crippen molar-refractivity contribution in [3.8, 4) is 0 Å². The molecule has 1 saturated carbocycles. The molecule has 33 heavy (non-hydrogen) atoms. The predicted octanol–water partition coefficient (Wildman–Crippen LogP) is 5.91. The average molecular weight is 448 g/mol. The molecule has 0 spiro atoms. The molecule has 0 radical (unpaired) electrons. The van der Waals surface area contributed by atoms with Gasteiger partial charge in [-0.15, -0.1) is 0 Å². The number of carbonyl (C=O) groups is 1. The SMILES string of the molecule is C=Nc1c(C(=O)N(C)C2CCCCC2O)cc(/C=C(/C=C\C(C)C)CN=O)c2ccccc12. The molecule has 0 heterocycles. The van der Waals surface area contributed by atoms with Crippen LogP contribution in [0, 0.1) is 10.8 Å². The van der Waals surface area contributed by atoms with Gasteiger partial charge in [0.2, 0.25) is 0 Å². The number of aliphatic hydroxyl groups excluding tert-OH is 1. The number of benzene rings is 2. The molecule has 0 aromatic heterocycles. The number of likely N-dealkylation sites (N-methyl/N-ethyl adjacent to an activating group) is 1. The standard InChI is InChI=1S/C27H33N3O3/c1-18(2)13-14-19(17-29-33)15-20-16-23(26(28-3)22-10-6-5-9-21(20)22)27(32)30(4)24-11-7-8-12-25(24)31/h5-6,9-10,13-16,18,24-25,31H,3,7-8,11-12,17H2,1-2,4H3/b14-13-,19-15-. The third-order valence-electron chi connectivity index (χ3n) is 6.23. The molecule has 1 N–H and O–H groups in total. The van der Waals surface area contributed by atoms with Crippen molar-refractivity contribution in [2.75, 3.05) is 13.6 Å². The second kappa shape index (κ2) is 11.1. The Balaban J connectivity index is 2.15. The van der Waals surface area contributed by atoms with Crippen molar-refractivity contribution in [3.05, 3.63) is 64.1 Å². The molecule has 0 aliphatic heterocycles. The first kappa shape index (κ1) is 24.5. The molecule has 174 valence electrons. The van der Waals surface area contributed by atoms with Gasteiger partial charge in [-0.3, -0.25) is 9.79 Å². The highest BCUT2D eigenvalue weighted by molar-refractivity contribution is 6.10. The lowest BCUT2D eigenvalue weighted by molar-refractivity contribution is 0.0268. The van der Waals surface area contributed by atoms with Crippen LogP contribution in [0.4, 0.5) is 5.69 Å². The van der Waals surface area contributed by atoms with Crippen molar-refractivity contribution < 1.29 is 9.90 Å². The van der Waals surface area contributed by atoms with E-state index in [-0.39, 0.29) is 18.5 Å². The van der Waals surface area contributed by atoms with Crippen LogP contribution in [-0.4, -0.2) is 48.4 Å². The monoisotopic (exact) mass is 447 g/mol. The molecule has 2 aromatic carbocycles. The summed E-state index contributed by atoms with van der Waals surface area (Å²) in [6.45, 7) is 7.89. The Kier molecular flexibility index (Phi) is 8.28. The second-order valence-electron chi connectivity index (χ2n) is 9.01. The lowest BCUT2D eigenvalue weighted by atomic mass is 9.90. The van der Waals surface area contributed by atoms with E-state index in [0.717, 1.165) is 41.2 Å². The van der Waals surface area contributed by atoms with E-state index < -0.39 is 6.10 Å². The predicted molar refractivity (Wildman–Crippen MR) is 136 cm³/mol. The van der Waals surface area contributed by atoms with E-state index in [1.165, 1.54) is 0 Å². The summed E-state index contributed by atoms with van der Waals surface area (Å²) >= 11 is 0. The molecular weight excluding hydrogens is 414 g/mol. The van der Waals surface area contributed by atoms with Crippen LogP contribution < -0.4 is 0 Å². The zero-order valence-electron chi connectivity index (χ0n) is 19.7. The summed E-state index contributed by atoms with van der Waals surface area (Å²) < 4.78 is 0. The first-order valence-electron chi connectivity index (χ1n) is 11.5. The third-order valence-corrected chi connectivity index (χ3v) is 6.23. The minimum atomic E-state index is -0.529. The number of hydrogen-bond donors (Lipinski definition) is 1. The van der Waals surface area contributed by atoms with Gasteiger partial charge in [0, 0.05) is 12.4 Å². The minimum Gasteiger partial charge on any atom is -0.391 e. The van der Waals surface area contributed by atoms with Gasteiger partial charge in [0.25, 0.3) is 5.91 Å². The molecule has 3 rings (SSSR count). The molecule has 2 atom stereocenters. The number of aliphatic hydroxyl groups is 1. The third kappa shape index (κ3) is 5.63. The summed E-state index contributed by atoms with van der Waals surface area (Å²) in [6, 6.07) is 9.31. The number of nitrogens with zero attached hydrogens (tertiary/aromatic N) is 3. The van der Waals surface area contributed by atoms with Crippen molar-refractivity contribution in [2.24, 2.45) is 16.1 Å². The first-order valence-corrected chi connectivity index (χ1v) is 11.5. The van der Waals surface area contributed by atoms with Crippen LogP contribution in [0.5, 0.6) is 0 Å². The summed E-state index contributed by atoms with van der Waals surface area (Å²) in [6.07, 6.45) is 8.74. The van der Waals surface area contributed by atoms with Crippen LogP contribution >= 0.6 is 0 Å². The van der Waals surface area contributed by atoms with Crippen molar-refractivity contribution in [2.45, 2.75) is 51.7 Å². The van der Waals surface area contributed by atoms with E-state index in [1.54, 1.807) is 11.9 Å². The summed E-state index contributed by atoms with van der Waals surface area (Å²) in [4.78, 5) is 30.5. The van der Waals surface area contributed by atoms with E-state index in [0.29, 0.717) is 23.6 Å². The highest BCUT2D eigenvalue weighted by Crippen LogP contribution is 2.35. The van der Waals surface area contributed by atoms with Gasteiger partial charge in [0.05, 0.1) is 23.4 Å². The molecule has 0 bridgehead atoms. The summed E-state index contributed by atoms with van der Waals surface area (Å²) in [5.41, 5.74) is 2.53. The van der Waals surface area contributed by atoms with Gasteiger partial charge in [-0.05, 0) is 54.1 Å². The van der Waals surface area contributed by atoms with E-state index in [1.807, 2.05) is 48.6 Å². The quantitative estimate of drug-likeness (QED) is 0.310. The topological polar surface area (TPSA) is 82.3 Å². The van der Waals surface area contributed by atoms with Gasteiger partial charge in [0.15, 0.2) is 0 Å². The number of rotatable bonds is 8. The molecule has 1 aliphatic rings. The summed E-state index contributed by atoms with van der Waals surface area (Å²) in [5, 5.41) is 15.3. The highest BCUT2D eigenvalue weighted by Gasteiger charge is 2.31. The fourth-order valence-electron chi connectivity index (χ4n) is 4.46. The van der Waals surface area contributed by atoms with Crippen molar-refractivity contribution >= 4 is 35.2 Å². The van der Waals surface area contributed by atoms with Gasteiger partial charge in [0.1, 0.15) is 6.54 Å². The molecule has 1 amide bonds. The maximum Gasteiger partial charge on any atom is 0.256 e. The van der Waals surface area contributed by atoms with Gasteiger partial charge >= 0.3 is 0 Å². The van der Waals surface area contributed by atoms with E-state index >= 15 is 0 Å². The lowest BCUT2D eigenvalue weighted by Gasteiger charge is -2.35. The van der Waals surface area contributed by atoms with Crippen molar-refractivity contribution in [3.63, 3.8) is 0 Å². The molecule has 2 unspecified atom stereocenters. The maximum atomic E-state index is 13.6. The zero-order valence-corrected chi connectivity index (χ0v) is 19.7. The minimum absolute atomic E-state index is 0.0382. The number of fused-ring (bicyclic) bond motifs is 1. The Bertz CT molecular complexity index is 1090. The zero-order chi connectivity index (χ0) is 24.0. The fourth-order valence-corrected chi connectivity index (χ4v) is 4.46. The molecule has 0 saturated heterocycles. The number of allylic oxidation sites excluding steroid dienone is 1. The van der Waals surface area contributed by atoms with Crippen molar-refractivity contribution in [1.82, 2.24) is 4.90 Å². The highest BCUT2D eigenvalue weighted by atomic mass is 16.3. The number of hydrogen-bond acceptors (Lipinski definition) is 5. The fraction of sp³-hybridized carbons (Fsp3) is 0.407. The number of carbonyl (C=O) groups excluding carboxylic acids is 1. The van der Waals surface area contributed by atoms with Crippen LogP contribution in [-0.2, 0) is 0 Å². The largest absolute Gasteiger partial charge is 0.391 e. The lowest BCUT2D eigenvalue weighted by Crippen LogP contribution is -2.46. The molecule has 2 aromatic rings. The van der Waals surface area contributed by atoms with Gasteiger partial charge < -0.3 is 10.0 Å². The Morgan fingerprint density at radius 3 is 2.58 bits per heavy atom. The Labute approximate surface area is 195 Å². The normalized spacial score (nSPS) is 19.2. The Morgan fingerprint density at radius 2 is 1.94 bits per heavy atom. The smallest absolute Gasteiger partial charge is 0.256 e. The van der Waals surface area contributed by atoms with Crippen molar-refractivity contribution in [1.29, 1.82) is 0 Å². The maximum absolute atomic E-state index is 13.6. The Morgan fingerprint density at radius 1 is 1.24 bits per heavy atom. The van der Waals surface area contributed by atoms with Crippen LogP contribution in [0.25, 0.3) is 16.8 Å². The van der Waals surface area contributed by atoms with Crippen LogP contribution in [0.2, 0.25) is 0 Å². The second-order valence-corrected chi connectivity index (χ2v) is 9.01. The molecule has 1 fully saturated rings. The molecule has 6 nitrogen and oxygen atoms in total. The Hall–Kier alpha value is -3.12. The van der Waals surface area contributed by atoms with Crippen LogP contribution in [0.15, 0.2) is 58.2 Å². The molecular formula is C27H33N3O3. The van der Waals surface area contributed by atoms with Crippen LogP contribution in [0.3, 0.4) is 0 Å². The molecule has 6 heteroatoms. The number of aliphatic imine (C=N–C) groups is 1. The van der Waals surface area contributed by atoms with Gasteiger partial charge in [-0.2, -0.15) is 4.91 Å². The first-order chi connectivity index (χ1) is 15.9. The summed E-state index contributed by atoms with van der Waals surface area (Å²) in [7, 11) is 1.74. The summed E-state index contributed by atoms with van der Waals surface area (Å²) in [5.74, 6) is 0.133. The number of nitroso groups, excluding NO2 is 1. The average Bonchev–Trinajstić information content (AvgIpc) is 2.81. The van der Waals surface area contributed by atoms with Crippen LogP contribution in [0.1, 0.15) is 55.5 Å². The number of amides is 1.